The number of nitrogens with zero attached hydrogens (tertiary/aromatic N) is 1. The zero-order chi connectivity index (χ0) is 30.2. The average molecular weight is 592 g/mol. The maximum atomic E-state index is 6.60. The van der Waals surface area contributed by atoms with Gasteiger partial charge in [0.1, 0.15) is 11.2 Å². The van der Waals surface area contributed by atoms with E-state index in [1.807, 2.05) is 36.4 Å². The Hall–Kier alpha value is -6.26. The Balaban J connectivity index is 1.15. The maximum Gasteiger partial charge on any atom is 0.178 e. The highest BCUT2D eigenvalue weighted by Crippen LogP contribution is 2.51. The van der Waals surface area contributed by atoms with Gasteiger partial charge in [0.25, 0.3) is 0 Å². The number of ether oxygens (including phenoxy) is 2. The van der Waals surface area contributed by atoms with Crippen molar-refractivity contribution in [3.63, 3.8) is 0 Å². The predicted molar refractivity (Wildman–Crippen MR) is 186 cm³/mol. The molecule has 46 heavy (non-hydrogen) atoms. The molecule has 0 amide bonds. The maximum absolute atomic E-state index is 6.60. The molecule has 4 heteroatoms. The lowest BCUT2D eigenvalue weighted by Crippen LogP contribution is -2.00. The Morgan fingerprint density at radius 1 is 0.413 bits per heavy atom. The molecule has 0 fully saturated rings. The lowest BCUT2D eigenvalue weighted by molar-refractivity contribution is 0.361. The Bertz CT molecular complexity index is 2650. The van der Waals surface area contributed by atoms with Gasteiger partial charge < -0.3 is 18.5 Å². The lowest BCUT2D eigenvalue weighted by atomic mass is 10.0. The lowest BCUT2D eigenvalue weighted by Gasteiger charge is -2.22. The standard InChI is InChI=1S/C42H25NO3/c1-2-10-26(11-3-1)27-20-22-36-33(24-27)29-12-4-5-16-35(29)43(36)28-21-23-37-34(25-28)32-14-8-13-30(41(32)45-37)31-15-9-19-40-42(31)46-39-18-7-6-17-38(39)44-40/h1-25H. The summed E-state index contributed by atoms with van der Waals surface area (Å²) in [5.74, 6) is 2.79. The minimum atomic E-state index is 0.688. The third kappa shape index (κ3) is 3.67. The zero-order valence-corrected chi connectivity index (χ0v) is 24.6. The van der Waals surface area contributed by atoms with E-state index in [-0.39, 0.29) is 0 Å². The molecule has 0 unspecified atom stereocenters. The summed E-state index contributed by atoms with van der Waals surface area (Å²) in [6.07, 6.45) is 0. The first-order chi connectivity index (χ1) is 22.8. The summed E-state index contributed by atoms with van der Waals surface area (Å²) >= 11 is 0. The van der Waals surface area contributed by atoms with Crippen molar-refractivity contribution in [1.82, 2.24) is 4.57 Å². The van der Waals surface area contributed by atoms with E-state index in [0.717, 1.165) is 38.8 Å². The van der Waals surface area contributed by atoms with E-state index in [9.17, 15) is 0 Å². The second-order valence-corrected chi connectivity index (χ2v) is 11.7. The smallest absolute Gasteiger partial charge is 0.178 e. The molecule has 0 radical (unpaired) electrons. The minimum absolute atomic E-state index is 0.688. The summed E-state index contributed by atoms with van der Waals surface area (Å²) in [5.41, 5.74) is 9.39. The fraction of sp³-hybridized carbons (Fsp3) is 0. The highest BCUT2D eigenvalue weighted by molar-refractivity contribution is 6.13. The number of aromatic nitrogens is 1. The van der Waals surface area contributed by atoms with E-state index in [2.05, 4.69) is 120 Å². The van der Waals surface area contributed by atoms with E-state index in [0.29, 0.717) is 23.0 Å². The zero-order valence-electron chi connectivity index (χ0n) is 24.6. The van der Waals surface area contributed by atoms with Crippen LogP contribution in [0.2, 0.25) is 0 Å². The number of hydrogen-bond donors (Lipinski definition) is 0. The topological polar surface area (TPSA) is 36.5 Å². The molecular formula is C42H25NO3. The number of para-hydroxylation sites is 5. The number of fused-ring (bicyclic) bond motifs is 8. The van der Waals surface area contributed by atoms with Crippen LogP contribution in [0, 0.1) is 0 Å². The first kappa shape index (κ1) is 25.1. The van der Waals surface area contributed by atoms with Crippen molar-refractivity contribution in [3.05, 3.63) is 152 Å². The van der Waals surface area contributed by atoms with Gasteiger partial charge in [0, 0.05) is 38.4 Å². The monoisotopic (exact) mass is 591 g/mol. The molecule has 0 spiro atoms. The van der Waals surface area contributed by atoms with Crippen LogP contribution in [-0.2, 0) is 0 Å². The second kappa shape index (κ2) is 9.62. The highest BCUT2D eigenvalue weighted by Gasteiger charge is 2.24. The summed E-state index contributed by atoms with van der Waals surface area (Å²) in [6.45, 7) is 0. The number of hydrogen-bond acceptors (Lipinski definition) is 3. The van der Waals surface area contributed by atoms with Crippen molar-refractivity contribution in [1.29, 1.82) is 0 Å². The van der Waals surface area contributed by atoms with Crippen molar-refractivity contribution >= 4 is 43.7 Å². The molecule has 7 aromatic carbocycles. The molecule has 9 aromatic rings. The second-order valence-electron chi connectivity index (χ2n) is 11.7. The largest absolute Gasteiger partial charge is 0.455 e. The molecule has 1 aliphatic heterocycles. The molecule has 3 heterocycles. The normalized spacial score (nSPS) is 12.3. The minimum Gasteiger partial charge on any atom is -0.455 e. The molecule has 0 saturated carbocycles. The SMILES string of the molecule is c1ccc(-c2ccc3c(c2)c2ccccc2n3-c2ccc3oc4c(-c5cccc6c5Oc5ccccc5O6)cccc4c3c2)cc1. The van der Waals surface area contributed by atoms with Gasteiger partial charge in [-0.05, 0) is 65.7 Å². The van der Waals surface area contributed by atoms with Gasteiger partial charge in [-0.2, -0.15) is 0 Å². The van der Waals surface area contributed by atoms with Crippen LogP contribution in [0.3, 0.4) is 0 Å². The van der Waals surface area contributed by atoms with Crippen molar-refractivity contribution in [2.75, 3.05) is 0 Å². The van der Waals surface area contributed by atoms with Crippen LogP contribution in [0.1, 0.15) is 0 Å². The van der Waals surface area contributed by atoms with Crippen molar-refractivity contribution in [3.8, 4) is 50.9 Å². The van der Waals surface area contributed by atoms with Crippen LogP contribution in [0.25, 0.3) is 71.7 Å². The molecule has 0 aliphatic carbocycles. The van der Waals surface area contributed by atoms with E-state index in [4.69, 9.17) is 13.9 Å². The third-order valence-electron chi connectivity index (χ3n) is 9.07. The molecular weight excluding hydrogens is 566 g/mol. The summed E-state index contributed by atoms with van der Waals surface area (Å²) in [6, 6.07) is 52.5. The van der Waals surface area contributed by atoms with Gasteiger partial charge in [0.2, 0.25) is 0 Å². The molecule has 0 N–H and O–H groups in total. The fourth-order valence-electron chi connectivity index (χ4n) is 6.96. The van der Waals surface area contributed by atoms with Crippen LogP contribution in [-0.4, -0.2) is 4.57 Å². The van der Waals surface area contributed by atoms with Gasteiger partial charge in [0.15, 0.2) is 23.0 Å². The molecule has 10 rings (SSSR count). The number of furan rings is 1. The molecule has 2 aromatic heterocycles. The predicted octanol–water partition coefficient (Wildman–Crippen LogP) is 11.9. The van der Waals surface area contributed by atoms with E-state index in [1.165, 1.54) is 32.9 Å². The van der Waals surface area contributed by atoms with Gasteiger partial charge in [-0.1, -0.05) is 97.1 Å². The van der Waals surface area contributed by atoms with E-state index >= 15 is 0 Å². The fourth-order valence-corrected chi connectivity index (χ4v) is 6.96. The Morgan fingerprint density at radius 2 is 1.13 bits per heavy atom. The van der Waals surface area contributed by atoms with Gasteiger partial charge in [-0.25, -0.2) is 0 Å². The van der Waals surface area contributed by atoms with Gasteiger partial charge in [-0.3, -0.25) is 0 Å². The van der Waals surface area contributed by atoms with Crippen LogP contribution < -0.4 is 9.47 Å². The molecule has 4 nitrogen and oxygen atoms in total. The van der Waals surface area contributed by atoms with Crippen molar-refractivity contribution in [2.45, 2.75) is 0 Å². The number of benzene rings is 7. The van der Waals surface area contributed by atoms with Gasteiger partial charge in [0.05, 0.1) is 11.0 Å². The first-order valence-electron chi connectivity index (χ1n) is 15.4. The molecule has 1 aliphatic rings. The van der Waals surface area contributed by atoms with Gasteiger partial charge in [-0.15, -0.1) is 0 Å². The van der Waals surface area contributed by atoms with Crippen LogP contribution in [0.15, 0.2) is 156 Å². The summed E-state index contributed by atoms with van der Waals surface area (Å²) in [4.78, 5) is 0. The Labute approximate surface area is 264 Å². The van der Waals surface area contributed by atoms with E-state index < -0.39 is 0 Å². The molecule has 0 atom stereocenters. The molecule has 0 saturated heterocycles. The van der Waals surface area contributed by atoms with Crippen molar-refractivity contribution in [2.24, 2.45) is 0 Å². The van der Waals surface area contributed by atoms with Crippen molar-refractivity contribution < 1.29 is 13.9 Å². The van der Waals surface area contributed by atoms with Crippen LogP contribution >= 0.6 is 0 Å². The summed E-state index contributed by atoms with van der Waals surface area (Å²) in [7, 11) is 0. The van der Waals surface area contributed by atoms with Crippen LogP contribution in [0.4, 0.5) is 0 Å². The highest BCUT2D eigenvalue weighted by atomic mass is 16.6. The Kier molecular flexibility index (Phi) is 5.25. The first-order valence-corrected chi connectivity index (χ1v) is 15.4. The quantitative estimate of drug-likeness (QED) is 0.205. The average Bonchev–Trinajstić information content (AvgIpc) is 3.66. The number of rotatable bonds is 3. The van der Waals surface area contributed by atoms with Gasteiger partial charge >= 0.3 is 0 Å². The third-order valence-corrected chi connectivity index (χ3v) is 9.07. The summed E-state index contributed by atoms with van der Waals surface area (Å²) < 4.78 is 21.6. The molecule has 0 bridgehead atoms. The van der Waals surface area contributed by atoms with Crippen LogP contribution in [0.5, 0.6) is 23.0 Å². The molecule has 216 valence electrons. The Morgan fingerprint density at radius 3 is 2.04 bits per heavy atom. The van der Waals surface area contributed by atoms with E-state index in [1.54, 1.807) is 0 Å². The summed E-state index contributed by atoms with van der Waals surface area (Å²) in [5, 5.41) is 4.58.